The van der Waals surface area contributed by atoms with E-state index in [1.807, 2.05) is 74.5 Å². The van der Waals surface area contributed by atoms with Crippen LogP contribution in [0.15, 0.2) is 60.2 Å². The summed E-state index contributed by atoms with van der Waals surface area (Å²) >= 11 is 0. The van der Waals surface area contributed by atoms with Crippen LogP contribution in [0.5, 0.6) is 5.75 Å². The van der Waals surface area contributed by atoms with Crippen molar-refractivity contribution in [2.45, 2.75) is 26.9 Å². The highest BCUT2D eigenvalue weighted by molar-refractivity contribution is 5.93. The van der Waals surface area contributed by atoms with Gasteiger partial charge in [-0.3, -0.25) is 0 Å². The predicted molar refractivity (Wildman–Crippen MR) is 92.1 cm³/mol. The van der Waals surface area contributed by atoms with Crippen LogP contribution in [-0.4, -0.2) is 12.6 Å². The summed E-state index contributed by atoms with van der Waals surface area (Å²) in [4.78, 5) is 11.9. The summed E-state index contributed by atoms with van der Waals surface area (Å²) in [7, 11) is 0. The first-order valence-corrected chi connectivity index (χ1v) is 7.87. The molecule has 0 aliphatic rings. The van der Waals surface area contributed by atoms with Gasteiger partial charge in [-0.2, -0.15) is 0 Å². The van der Waals surface area contributed by atoms with Gasteiger partial charge in [0, 0.05) is 5.57 Å². The van der Waals surface area contributed by atoms with Crippen molar-refractivity contribution in [1.29, 1.82) is 0 Å². The fourth-order valence-electron chi connectivity index (χ4n) is 2.17. The Morgan fingerprint density at radius 3 is 2.52 bits per heavy atom. The van der Waals surface area contributed by atoms with Gasteiger partial charge in [-0.15, -0.1) is 0 Å². The number of esters is 1. The first kappa shape index (κ1) is 16.8. The van der Waals surface area contributed by atoms with Crippen LogP contribution in [0.4, 0.5) is 0 Å². The Kier molecular flexibility index (Phi) is 6.42. The maximum absolute atomic E-state index is 11.9. The molecule has 2 aromatic rings. The van der Waals surface area contributed by atoms with E-state index in [0.717, 1.165) is 16.9 Å². The van der Waals surface area contributed by atoms with Crippen molar-refractivity contribution in [3.05, 3.63) is 71.3 Å². The van der Waals surface area contributed by atoms with Gasteiger partial charge >= 0.3 is 5.97 Å². The lowest BCUT2D eigenvalue weighted by atomic mass is 10.1. The lowest BCUT2D eigenvalue weighted by molar-refractivity contribution is -0.138. The van der Waals surface area contributed by atoms with Crippen molar-refractivity contribution in [2.24, 2.45) is 0 Å². The molecule has 0 radical (unpaired) electrons. The third-order valence-corrected chi connectivity index (χ3v) is 3.37. The topological polar surface area (TPSA) is 35.5 Å². The summed E-state index contributed by atoms with van der Waals surface area (Å²) in [6, 6.07) is 17.7. The first-order chi connectivity index (χ1) is 11.2. The van der Waals surface area contributed by atoms with Gasteiger partial charge in [-0.05, 0) is 42.7 Å². The second kappa shape index (κ2) is 8.79. The number of rotatable bonds is 7. The molecule has 0 saturated heterocycles. The van der Waals surface area contributed by atoms with E-state index in [0.29, 0.717) is 25.2 Å². The fraction of sp³-hybridized carbons (Fsp3) is 0.250. The lowest BCUT2D eigenvalue weighted by Crippen LogP contribution is -2.06. The molecular weight excluding hydrogens is 288 g/mol. The lowest BCUT2D eigenvalue weighted by Gasteiger charge is -2.08. The molecule has 0 N–H and O–H groups in total. The summed E-state index contributed by atoms with van der Waals surface area (Å²) in [5.74, 6) is 0.521. The molecule has 0 aromatic heterocycles. The maximum atomic E-state index is 11.9. The Bertz CT molecular complexity index is 660. The molecule has 23 heavy (non-hydrogen) atoms. The fourth-order valence-corrected chi connectivity index (χ4v) is 2.17. The minimum atomic E-state index is -0.259. The van der Waals surface area contributed by atoms with Gasteiger partial charge < -0.3 is 9.47 Å². The quantitative estimate of drug-likeness (QED) is 0.553. The summed E-state index contributed by atoms with van der Waals surface area (Å²) in [6.07, 6.45) is 2.49. The Morgan fingerprint density at radius 1 is 1.04 bits per heavy atom. The number of hydrogen-bond donors (Lipinski definition) is 0. The predicted octanol–water partition coefficient (Wildman–Crippen LogP) is 4.62. The van der Waals surface area contributed by atoms with Gasteiger partial charge in [0.05, 0.1) is 6.61 Å². The van der Waals surface area contributed by atoms with Gasteiger partial charge in [-0.25, -0.2) is 4.79 Å². The Labute approximate surface area is 137 Å². The molecule has 2 rings (SSSR count). The van der Waals surface area contributed by atoms with E-state index in [1.165, 1.54) is 0 Å². The normalized spacial score (nSPS) is 11.1. The zero-order valence-electron chi connectivity index (χ0n) is 13.6. The molecule has 0 aliphatic carbocycles. The van der Waals surface area contributed by atoms with Crippen LogP contribution in [0.2, 0.25) is 0 Å². The molecule has 120 valence electrons. The van der Waals surface area contributed by atoms with E-state index >= 15 is 0 Å². The first-order valence-electron chi connectivity index (χ1n) is 7.87. The highest BCUT2D eigenvalue weighted by Gasteiger charge is 2.08. The van der Waals surface area contributed by atoms with Gasteiger partial charge in [0.15, 0.2) is 0 Å². The molecule has 0 spiro atoms. The van der Waals surface area contributed by atoms with Gasteiger partial charge in [0.1, 0.15) is 12.4 Å². The molecule has 3 nitrogen and oxygen atoms in total. The van der Waals surface area contributed by atoms with Crippen LogP contribution >= 0.6 is 0 Å². The molecule has 0 bridgehead atoms. The van der Waals surface area contributed by atoms with Crippen molar-refractivity contribution in [1.82, 2.24) is 0 Å². The Hall–Kier alpha value is -2.55. The largest absolute Gasteiger partial charge is 0.489 e. The number of hydrogen-bond acceptors (Lipinski definition) is 3. The van der Waals surface area contributed by atoms with E-state index in [-0.39, 0.29) is 5.97 Å². The minimum absolute atomic E-state index is 0.259. The van der Waals surface area contributed by atoms with Crippen LogP contribution in [0.1, 0.15) is 31.4 Å². The second-order valence-corrected chi connectivity index (χ2v) is 5.09. The van der Waals surface area contributed by atoms with Crippen molar-refractivity contribution in [3.63, 3.8) is 0 Å². The Balaban J connectivity index is 2.08. The summed E-state index contributed by atoms with van der Waals surface area (Å²) in [5.41, 5.74) is 2.71. The highest BCUT2D eigenvalue weighted by Crippen LogP contribution is 2.18. The minimum Gasteiger partial charge on any atom is -0.489 e. The number of carbonyl (C=O) groups is 1. The summed E-state index contributed by atoms with van der Waals surface area (Å²) in [5, 5.41) is 0. The van der Waals surface area contributed by atoms with Crippen LogP contribution < -0.4 is 4.74 Å². The molecular formula is C20H22O3. The molecule has 0 unspecified atom stereocenters. The molecule has 0 heterocycles. The van der Waals surface area contributed by atoms with Crippen molar-refractivity contribution in [2.75, 3.05) is 6.61 Å². The third kappa shape index (κ3) is 5.29. The van der Waals surface area contributed by atoms with Crippen LogP contribution in [-0.2, 0) is 16.1 Å². The average Bonchev–Trinajstić information content (AvgIpc) is 2.59. The van der Waals surface area contributed by atoms with Crippen LogP contribution in [0, 0.1) is 0 Å². The van der Waals surface area contributed by atoms with Crippen molar-refractivity contribution in [3.8, 4) is 5.75 Å². The summed E-state index contributed by atoms with van der Waals surface area (Å²) in [6.45, 7) is 4.66. The standard InChI is InChI=1S/C20H22O3/c1-3-18(20(21)22-4-2)13-17-11-8-12-19(14-17)23-15-16-9-6-5-7-10-16/h5-14H,3-4,15H2,1-2H3. The number of carbonyl (C=O) groups excluding carboxylic acids is 1. The molecule has 0 atom stereocenters. The highest BCUT2D eigenvalue weighted by atomic mass is 16.5. The summed E-state index contributed by atoms with van der Waals surface area (Å²) < 4.78 is 10.9. The zero-order chi connectivity index (χ0) is 16.5. The zero-order valence-corrected chi connectivity index (χ0v) is 13.6. The SMILES string of the molecule is CCOC(=O)C(=Cc1cccc(OCc2ccccc2)c1)CC. The molecule has 3 heteroatoms. The number of benzene rings is 2. The van der Waals surface area contributed by atoms with Gasteiger partial charge in [0.2, 0.25) is 0 Å². The number of ether oxygens (including phenoxy) is 2. The van der Waals surface area contributed by atoms with E-state index in [2.05, 4.69) is 0 Å². The molecule has 0 amide bonds. The molecule has 0 saturated carbocycles. The maximum Gasteiger partial charge on any atom is 0.333 e. The van der Waals surface area contributed by atoms with E-state index in [4.69, 9.17) is 9.47 Å². The molecule has 0 aliphatic heterocycles. The van der Waals surface area contributed by atoms with Gasteiger partial charge in [-0.1, -0.05) is 49.4 Å². The second-order valence-electron chi connectivity index (χ2n) is 5.09. The Morgan fingerprint density at radius 2 is 1.83 bits per heavy atom. The molecule has 2 aromatic carbocycles. The van der Waals surface area contributed by atoms with E-state index in [1.54, 1.807) is 0 Å². The van der Waals surface area contributed by atoms with Crippen molar-refractivity contribution < 1.29 is 14.3 Å². The molecule has 0 fully saturated rings. The smallest absolute Gasteiger partial charge is 0.333 e. The van der Waals surface area contributed by atoms with Crippen molar-refractivity contribution >= 4 is 12.0 Å². The van der Waals surface area contributed by atoms with Gasteiger partial charge in [0.25, 0.3) is 0 Å². The van der Waals surface area contributed by atoms with E-state index < -0.39 is 0 Å². The monoisotopic (exact) mass is 310 g/mol. The third-order valence-electron chi connectivity index (χ3n) is 3.37. The van der Waals surface area contributed by atoms with E-state index in [9.17, 15) is 4.79 Å². The van der Waals surface area contributed by atoms with Crippen LogP contribution in [0.25, 0.3) is 6.08 Å². The van der Waals surface area contributed by atoms with Crippen LogP contribution in [0.3, 0.4) is 0 Å². The average molecular weight is 310 g/mol.